The molecule has 0 N–H and O–H groups in total. The van der Waals surface area contributed by atoms with Crippen LogP contribution in [0.2, 0.25) is 0 Å². The number of thioether (sulfide) groups is 1. The highest BCUT2D eigenvalue weighted by molar-refractivity contribution is 14.1. The third-order valence-electron chi connectivity index (χ3n) is 1.83. The number of halogens is 2. The van der Waals surface area contributed by atoms with Crippen LogP contribution >= 0.6 is 46.0 Å². The second-order valence-corrected chi connectivity index (χ2v) is 5.25. The number of hydrogen-bond acceptors (Lipinski definition) is 2. The van der Waals surface area contributed by atoms with E-state index in [-0.39, 0.29) is 5.78 Å². The molecule has 4 heteroatoms. The molecule has 14 heavy (non-hydrogen) atoms. The van der Waals surface area contributed by atoms with E-state index >= 15 is 0 Å². The van der Waals surface area contributed by atoms with Crippen LogP contribution in [0.4, 0.5) is 0 Å². The first kappa shape index (κ1) is 12.3. The molecule has 0 saturated heterocycles. The van der Waals surface area contributed by atoms with Crippen LogP contribution in [0.3, 0.4) is 0 Å². The van der Waals surface area contributed by atoms with E-state index < -0.39 is 5.38 Å². The number of carbonyl (C=O) groups excluding carboxylic acids is 1. The zero-order valence-electron chi connectivity index (χ0n) is 7.88. The number of benzene rings is 1. The van der Waals surface area contributed by atoms with Crippen molar-refractivity contribution in [1.29, 1.82) is 0 Å². The molecule has 76 valence electrons. The minimum absolute atomic E-state index is 0.0102. The molecular formula is C10H10ClIOS. The van der Waals surface area contributed by atoms with Crippen LogP contribution in [0.5, 0.6) is 0 Å². The molecule has 1 rings (SSSR count). The van der Waals surface area contributed by atoms with Gasteiger partial charge in [-0.15, -0.1) is 23.4 Å². The predicted molar refractivity (Wildman–Crippen MR) is 70.2 cm³/mol. The van der Waals surface area contributed by atoms with Gasteiger partial charge in [0.2, 0.25) is 0 Å². The summed E-state index contributed by atoms with van der Waals surface area (Å²) in [5.41, 5.74) is 0.915. The van der Waals surface area contributed by atoms with Gasteiger partial charge < -0.3 is 0 Å². The summed E-state index contributed by atoms with van der Waals surface area (Å²) in [7, 11) is 0. The monoisotopic (exact) mass is 340 g/mol. The van der Waals surface area contributed by atoms with E-state index in [1.807, 2.05) is 24.5 Å². The maximum atomic E-state index is 11.2. The Balaban J connectivity index is 3.20. The minimum atomic E-state index is -0.521. The number of Topliss-reactive ketones (excluding diaryl/α,β-unsaturated/α-hetero) is 1. The zero-order valence-corrected chi connectivity index (χ0v) is 11.6. The second-order valence-electron chi connectivity index (χ2n) is 2.84. The Bertz CT molecular complexity index is 354. The Hall–Kier alpha value is 0.260. The van der Waals surface area contributed by atoms with Crippen molar-refractivity contribution in [3.63, 3.8) is 0 Å². The minimum Gasteiger partial charge on any atom is -0.298 e. The van der Waals surface area contributed by atoms with E-state index in [0.717, 1.165) is 14.0 Å². The van der Waals surface area contributed by atoms with E-state index in [4.69, 9.17) is 11.6 Å². The van der Waals surface area contributed by atoms with Crippen molar-refractivity contribution >= 4 is 51.7 Å². The summed E-state index contributed by atoms with van der Waals surface area (Å²) in [5, 5.41) is -0.521. The van der Waals surface area contributed by atoms with E-state index in [1.165, 1.54) is 6.92 Å². The lowest BCUT2D eigenvalue weighted by molar-refractivity contribution is -0.116. The fourth-order valence-corrected chi connectivity index (χ4v) is 3.27. The van der Waals surface area contributed by atoms with Gasteiger partial charge in [0, 0.05) is 8.47 Å². The molecule has 0 bridgehead atoms. The largest absolute Gasteiger partial charge is 0.298 e. The smallest absolute Gasteiger partial charge is 0.152 e. The lowest BCUT2D eigenvalue weighted by Gasteiger charge is -2.12. The van der Waals surface area contributed by atoms with Gasteiger partial charge in [0.15, 0.2) is 5.78 Å². The summed E-state index contributed by atoms with van der Waals surface area (Å²) in [6.07, 6.45) is 1.99. The summed E-state index contributed by atoms with van der Waals surface area (Å²) in [6.45, 7) is 1.52. The van der Waals surface area contributed by atoms with Gasteiger partial charge in [-0.25, -0.2) is 0 Å². The Kier molecular flexibility index (Phi) is 4.73. The van der Waals surface area contributed by atoms with Gasteiger partial charge in [-0.2, -0.15) is 0 Å². The number of alkyl halides is 1. The Morgan fingerprint density at radius 1 is 1.57 bits per heavy atom. The molecule has 0 fully saturated rings. The maximum absolute atomic E-state index is 11.2. The number of carbonyl (C=O) groups is 1. The third kappa shape index (κ3) is 2.64. The molecule has 0 heterocycles. The van der Waals surface area contributed by atoms with Gasteiger partial charge in [-0.05, 0) is 47.4 Å². The molecule has 0 aromatic heterocycles. The molecular weight excluding hydrogens is 331 g/mol. The third-order valence-corrected chi connectivity index (χ3v) is 4.50. The lowest BCUT2D eigenvalue weighted by Crippen LogP contribution is -2.03. The zero-order chi connectivity index (χ0) is 10.7. The topological polar surface area (TPSA) is 17.1 Å². The van der Waals surface area contributed by atoms with Crippen LogP contribution in [0.25, 0.3) is 0 Å². The summed E-state index contributed by atoms with van der Waals surface area (Å²) in [5.74, 6) is -0.0102. The van der Waals surface area contributed by atoms with Gasteiger partial charge in [-0.1, -0.05) is 12.1 Å². The van der Waals surface area contributed by atoms with Crippen molar-refractivity contribution in [2.24, 2.45) is 0 Å². The SMILES string of the molecule is CSc1c(I)cccc1C(Cl)C(C)=O. The first-order valence-electron chi connectivity index (χ1n) is 4.05. The second kappa shape index (κ2) is 5.37. The fourth-order valence-electron chi connectivity index (χ4n) is 1.16. The highest BCUT2D eigenvalue weighted by Gasteiger charge is 2.17. The standard InChI is InChI=1S/C10H10ClIOS/c1-6(13)9(11)7-4-3-5-8(12)10(7)14-2/h3-5,9H,1-2H3. The van der Waals surface area contributed by atoms with Crippen LogP contribution < -0.4 is 0 Å². The van der Waals surface area contributed by atoms with Gasteiger partial charge in [0.25, 0.3) is 0 Å². The first-order chi connectivity index (χ1) is 6.57. The molecule has 1 aromatic carbocycles. The summed E-state index contributed by atoms with van der Waals surface area (Å²) < 4.78 is 1.14. The van der Waals surface area contributed by atoms with Crippen molar-refractivity contribution in [3.05, 3.63) is 27.3 Å². The predicted octanol–water partition coefficient (Wildman–Crippen LogP) is 3.88. The van der Waals surface area contributed by atoms with Crippen molar-refractivity contribution in [2.75, 3.05) is 6.26 Å². The van der Waals surface area contributed by atoms with Crippen LogP contribution in [-0.4, -0.2) is 12.0 Å². The number of ketones is 1. The molecule has 0 radical (unpaired) electrons. The van der Waals surface area contributed by atoms with Crippen LogP contribution in [0.1, 0.15) is 17.9 Å². The normalized spacial score (nSPS) is 12.6. The first-order valence-corrected chi connectivity index (χ1v) is 6.78. The molecule has 1 atom stereocenters. The summed E-state index contributed by atoms with van der Waals surface area (Å²) in [4.78, 5) is 12.3. The average Bonchev–Trinajstić information content (AvgIpc) is 2.16. The van der Waals surface area contributed by atoms with Crippen molar-refractivity contribution < 1.29 is 4.79 Å². The lowest BCUT2D eigenvalue weighted by atomic mass is 10.1. The maximum Gasteiger partial charge on any atom is 0.152 e. The van der Waals surface area contributed by atoms with E-state index in [0.29, 0.717) is 0 Å². The Morgan fingerprint density at radius 3 is 2.71 bits per heavy atom. The summed E-state index contributed by atoms with van der Waals surface area (Å²) >= 11 is 9.91. The average molecular weight is 341 g/mol. The van der Waals surface area contributed by atoms with Gasteiger partial charge in [-0.3, -0.25) is 4.79 Å². The molecule has 0 amide bonds. The number of hydrogen-bond donors (Lipinski definition) is 0. The van der Waals surface area contributed by atoms with E-state index in [2.05, 4.69) is 22.6 Å². The molecule has 1 aromatic rings. The molecule has 1 unspecified atom stereocenters. The van der Waals surface area contributed by atoms with Crippen molar-refractivity contribution in [3.8, 4) is 0 Å². The molecule has 0 aliphatic heterocycles. The number of rotatable bonds is 3. The Labute approximate surface area is 107 Å². The van der Waals surface area contributed by atoms with E-state index in [1.54, 1.807) is 11.8 Å². The van der Waals surface area contributed by atoms with Crippen LogP contribution in [-0.2, 0) is 4.79 Å². The highest BCUT2D eigenvalue weighted by atomic mass is 127. The van der Waals surface area contributed by atoms with Crippen LogP contribution in [0.15, 0.2) is 23.1 Å². The quantitative estimate of drug-likeness (QED) is 0.472. The van der Waals surface area contributed by atoms with Gasteiger partial charge in [0.1, 0.15) is 5.38 Å². The molecule has 0 spiro atoms. The molecule has 1 nitrogen and oxygen atoms in total. The van der Waals surface area contributed by atoms with E-state index in [9.17, 15) is 4.79 Å². The summed E-state index contributed by atoms with van der Waals surface area (Å²) in [6, 6.07) is 5.85. The Morgan fingerprint density at radius 2 is 2.21 bits per heavy atom. The van der Waals surface area contributed by atoms with Crippen molar-refractivity contribution in [2.45, 2.75) is 17.2 Å². The van der Waals surface area contributed by atoms with Crippen LogP contribution in [0, 0.1) is 3.57 Å². The molecule has 0 aliphatic rings. The molecule has 0 saturated carbocycles. The highest BCUT2D eigenvalue weighted by Crippen LogP contribution is 2.33. The fraction of sp³-hybridized carbons (Fsp3) is 0.300. The molecule has 0 aliphatic carbocycles. The van der Waals surface area contributed by atoms with Gasteiger partial charge >= 0.3 is 0 Å². The van der Waals surface area contributed by atoms with Gasteiger partial charge in [0.05, 0.1) is 0 Å². The van der Waals surface area contributed by atoms with Crippen molar-refractivity contribution in [1.82, 2.24) is 0 Å².